The van der Waals surface area contributed by atoms with E-state index in [4.69, 9.17) is 4.74 Å². The number of carbonyl (C=O) groups excluding carboxylic acids is 1. The molecule has 0 saturated carbocycles. The van der Waals surface area contributed by atoms with Crippen molar-refractivity contribution in [3.8, 4) is 0 Å². The Morgan fingerprint density at radius 1 is 1.33 bits per heavy atom. The molecule has 0 aromatic rings. The van der Waals surface area contributed by atoms with Crippen molar-refractivity contribution in [3.63, 3.8) is 0 Å². The molecule has 56 valence electrons. The van der Waals surface area contributed by atoms with Gasteiger partial charge >= 0.3 is 5.97 Å². The summed E-state index contributed by atoms with van der Waals surface area (Å²) in [5, 5.41) is 0. The molecule has 2 N–H and O–H groups in total. The van der Waals surface area contributed by atoms with Crippen LogP contribution in [0.4, 0.5) is 0 Å². The molecule has 0 spiro atoms. The van der Waals surface area contributed by atoms with Gasteiger partial charge in [0.05, 0.1) is 0 Å². The molecule has 0 atom stereocenters. The van der Waals surface area contributed by atoms with Gasteiger partial charge in [0, 0.05) is 6.92 Å². The average molecular weight is 134 g/mol. The molecule has 0 bridgehead atoms. The zero-order chi connectivity index (χ0) is 6.78. The third kappa shape index (κ3) is 11.2. The Morgan fingerprint density at radius 3 is 1.67 bits per heavy atom. The Kier molecular flexibility index (Phi) is 4.32. The highest BCUT2D eigenvalue weighted by Gasteiger charge is 2.11. The Labute approximate surface area is 55.3 Å². The van der Waals surface area contributed by atoms with Crippen LogP contribution < -0.4 is 0 Å². The third-order valence-corrected chi connectivity index (χ3v) is 0.450. The zero-order valence-electron chi connectivity index (χ0n) is 6.32. The highest BCUT2D eigenvalue weighted by atomic mass is 16.6. The summed E-state index contributed by atoms with van der Waals surface area (Å²) >= 11 is 0. The molecule has 3 nitrogen and oxygen atoms in total. The largest absolute Gasteiger partial charge is 0.460 e. The summed E-state index contributed by atoms with van der Waals surface area (Å²) in [5.74, 6) is -0.225. The maximum Gasteiger partial charge on any atom is 0.303 e. The van der Waals surface area contributed by atoms with E-state index in [1.165, 1.54) is 6.92 Å². The Balaban J connectivity index is 0. The van der Waals surface area contributed by atoms with E-state index in [2.05, 4.69) is 0 Å². The molecule has 3 heteroatoms. The normalized spacial score (nSPS) is 9.78. The highest BCUT2D eigenvalue weighted by Crippen LogP contribution is 2.05. The number of ether oxygens (including phenoxy) is 1. The van der Waals surface area contributed by atoms with E-state index in [0.29, 0.717) is 0 Å². The van der Waals surface area contributed by atoms with Gasteiger partial charge in [-0.05, 0) is 20.8 Å². The minimum atomic E-state index is -0.328. The highest BCUT2D eigenvalue weighted by molar-refractivity contribution is 5.66. The fourth-order valence-corrected chi connectivity index (χ4v) is 0.431. The fraction of sp³-hybridized carbons (Fsp3) is 0.833. The van der Waals surface area contributed by atoms with Gasteiger partial charge in [-0.15, -0.1) is 0 Å². The molecule has 0 amide bonds. The second-order valence-electron chi connectivity index (χ2n) is 2.71. The first-order valence-electron chi connectivity index (χ1n) is 2.61. The molecule has 0 fully saturated rings. The molecule has 0 aliphatic heterocycles. The maximum atomic E-state index is 10.2. The monoisotopic (exact) mass is 134 g/mol. The van der Waals surface area contributed by atoms with Crippen molar-refractivity contribution in [1.29, 1.82) is 0 Å². The lowest BCUT2D eigenvalue weighted by Crippen LogP contribution is -2.21. The summed E-state index contributed by atoms with van der Waals surface area (Å²) in [6.45, 7) is 6.93. The van der Waals surface area contributed by atoms with Crippen LogP contribution in [0.3, 0.4) is 0 Å². The van der Waals surface area contributed by atoms with Crippen LogP contribution in [0, 0.1) is 0 Å². The van der Waals surface area contributed by atoms with E-state index < -0.39 is 0 Å². The summed E-state index contributed by atoms with van der Waals surface area (Å²) < 4.78 is 4.80. The molecular formula is C6H14O3. The molecule has 0 radical (unpaired) electrons. The Morgan fingerprint density at radius 2 is 1.67 bits per heavy atom. The van der Waals surface area contributed by atoms with E-state index in [-0.39, 0.29) is 17.0 Å². The average Bonchev–Trinajstić information content (AvgIpc) is 1.21. The second-order valence-corrected chi connectivity index (χ2v) is 2.71. The van der Waals surface area contributed by atoms with E-state index >= 15 is 0 Å². The van der Waals surface area contributed by atoms with Gasteiger partial charge in [-0.2, -0.15) is 0 Å². The van der Waals surface area contributed by atoms with Gasteiger partial charge in [0.2, 0.25) is 0 Å². The molecule has 0 aliphatic rings. The summed E-state index contributed by atoms with van der Waals surface area (Å²) in [4.78, 5) is 10.2. The lowest BCUT2D eigenvalue weighted by Gasteiger charge is -2.17. The van der Waals surface area contributed by atoms with E-state index in [0.717, 1.165) is 0 Å². The van der Waals surface area contributed by atoms with Gasteiger partial charge in [-0.1, -0.05) is 0 Å². The maximum absolute atomic E-state index is 10.2. The van der Waals surface area contributed by atoms with Crippen LogP contribution in [0.15, 0.2) is 0 Å². The Bertz CT molecular complexity index is 91.0. The van der Waals surface area contributed by atoms with Crippen molar-refractivity contribution < 1.29 is 15.0 Å². The summed E-state index contributed by atoms with van der Waals surface area (Å²) in [6, 6.07) is 0. The molecule has 0 saturated heterocycles. The van der Waals surface area contributed by atoms with E-state index in [1.807, 2.05) is 20.8 Å². The first-order valence-corrected chi connectivity index (χ1v) is 2.61. The van der Waals surface area contributed by atoms with Crippen LogP contribution in [0.1, 0.15) is 27.7 Å². The van der Waals surface area contributed by atoms with Crippen LogP contribution in [0.2, 0.25) is 0 Å². The smallest absolute Gasteiger partial charge is 0.303 e. The molecule has 0 aromatic heterocycles. The van der Waals surface area contributed by atoms with Gasteiger partial charge in [0.15, 0.2) is 0 Å². The Hall–Kier alpha value is -0.570. The molecule has 9 heavy (non-hydrogen) atoms. The van der Waals surface area contributed by atoms with Gasteiger partial charge in [0.1, 0.15) is 5.60 Å². The van der Waals surface area contributed by atoms with Crippen molar-refractivity contribution >= 4 is 5.97 Å². The second kappa shape index (κ2) is 3.45. The number of carbonyl (C=O) groups is 1. The number of rotatable bonds is 0. The molecular weight excluding hydrogens is 120 g/mol. The van der Waals surface area contributed by atoms with Gasteiger partial charge in [0.25, 0.3) is 0 Å². The quantitative estimate of drug-likeness (QED) is 0.453. The van der Waals surface area contributed by atoms with Crippen molar-refractivity contribution in [2.24, 2.45) is 0 Å². The number of hydrogen-bond acceptors (Lipinski definition) is 2. The van der Waals surface area contributed by atoms with Crippen LogP contribution in [-0.2, 0) is 9.53 Å². The zero-order valence-corrected chi connectivity index (χ0v) is 6.32. The predicted molar refractivity (Wildman–Crippen MR) is 35.1 cm³/mol. The van der Waals surface area contributed by atoms with Crippen LogP contribution in [0.5, 0.6) is 0 Å². The van der Waals surface area contributed by atoms with Gasteiger partial charge in [-0.25, -0.2) is 0 Å². The number of hydrogen-bond donors (Lipinski definition) is 0. The van der Waals surface area contributed by atoms with Crippen molar-refractivity contribution in [2.75, 3.05) is 0 Å². The minimum absolute atomic E-state index is 0. The first-order chi connectivity index (χ1) is 3.42. The van der Waals surface area contributed by atoms with Gasteiger partial charge in [-0.3, -0.25) is 4.79 Å². The van der Waals surface area contributed by atoms with Gasteiger partial charge < -0.3 is 10.2 Å². The first kappa shape index (κ1) is 11.3. The molecule has 0 heterocycles. The topological polar surface area (TPSA) is 57.8 Å². The molecule has 0 unspecified atom stereocenters. The summed E-state index contributed by atoms with van der Waals surface area (Å²) in [7, 11) is 0. The molecule has 0 aromatic carbocycles. The van der Waals surface area contributed by atoms with E-state index in [9.17, 15) is 4.79 Å². The SMILES string of the molecule is CC(=O)OC(C)(C)C.O. The number of esters is 1. The lowest BCUT2D eigenvalue weighted by molar-refractivity contribution is -0.151. The molecule has 0 aliphatic carbocycles. The summed E-state index contributed by atoms with van der Waals surface area (Å²) in [6.07, 6.45) is 0. The van der Waals surface area contributed by atoms with Crippen molar-refractivity contribution in [3.05, 3.63) is 0 Å². The predicted octanol–water partition coefficient (Wildman–Crippen LogP) is 0.523. The summed E-state index contributed by atoms with van der Waals surface area (Å²) in [5.41, 5.74) is -0.328. The van der Waals surface area contributed by atoms with Crippen molar-refractivity contribution in [2.45, 2.75) is 33.3 Å². The van der Waals surface area contributed by atoms with Crippen LogP contribution in [-0.4, -0.2) is 17.0 Å². The van der Waals surface area contributed by atoms with Crippen molar-refractivity contribution in [1.82, 2.24) is 0 Å². The van der Waals surface area contributed by atoms with Crippen LogP contribution in [0.25, 0.3) is 0 Å². The van der Waals surface area contributed by atoms with Crippen LogP contribution >= 0.6 is 0 Å². The minimum Gasteiger partial charge on any atom is -0.460 e. The fourth-order valence-electron chi connectivity index (χ4n) is 0.431. The van der Waals surface area contributed by atoms with E-state index in [1.54, 1.807) is 0 Å². The standard InChI is InChI=1S/C6H12O2.H2O/c1-5(7)8-6(2,3)4;/h1-4H3;1H2. The molecule has 0 rings (SSSR count). The third-order valence-electron chi connectivity index (χ3n) is 0.450. The lowest BCUT2D eigenvalue weighted by atomic mass is 10.2.